The zero-order valence-corrected chi connectivity index (χ0v) is 12.3. The van der Waals surface area contributed by atoms with Gasteiger partial charge in [0.05, 0.1) is 12.1 Å². The molecule has 19 heavy (non-hydrogen) atoms. The Morgan fingerprint density at radius 2 is 2.16 bits per heavy atom. The number of fused-ring (bicyclic) bond motifs is 1. The van der Waals surface area contributed by atoms with Crippen LogP contribution in [0.4, 0.5) is 0 Å². The predicted octanol–water partition coefficient (Wildman–Crippen LogP) is 1.44. The number of hydrogen-bond acceptors (Lipinski definition) is 4. The topological polar surface area (TPSA) is 42.3 Å². The van der Waals surface area contributed by atoms with Crippen LogP contribution in [0.15, 0.2) is 0 Å². The lowest BCUT2D eigenvalue weighted by Gasteiger charge is -2.26. The van der Waals surface area contributed by atoms with Crippen molar-refractivity contribution in [2.75, 3.05) is 39.3 Å². The summed E-state index contributed by atoms with van der Waals surface area (Å²) in [5.74, 6) is 0. The summed E-state index contributed by atoms with van der Waals surface area (Å²) < 4.78 is 0. The Balaban J connectivity index is 1.74. The van der Waals surface area contributed by atoms with Gasteiger partial charge in [-0.25, -0.2) is 0 Å². The van der Waals surface area contributed by atoms with Gasteiger partial charge < -0.3 is 10.2 Å². The van der Waals surface area contributed by atoms with Crippen molar-refractivity contribution in [1.29, 1.82) is 5.26 Å². The van der Waals surface area contributed by atoms with E-state index in [-0.39, 0.29) is 6.04 Å². The van der Waals surface area contributed by atoms with E-state index in [9.17, 15) is 0 Å². The van der Waals surface area contributed by atoms with Crippen LogP contribution in [0.2, 0.25) is 0 Å². The van der Waals surface area contributed by atoms with Crippen LogP contribution >= 0.6 is 0 Å². The fraction of sp³-hybridized carbons (Fsp3) is 0.933. The molecule has 4 nitrogen and oxygen atoms in total. The van der Waals surface area contributed by atoms with Gasteiger partial charge in [-0.15, -0.1) is 0 Å². The normalized spacial score (nSPS) is 26.6. The molecule has 4 heteroatoms. The van der Waals surface area contributed by atoms with E-state index in [1.807, 2.05) is 0 Å². The van der Waals surface area contributed by atoms with Gasteiger partial charge in [0.2, 0.25) is 0 Å². The first-order chi connectivity index (χ1) is 9.33. The van der Waals surface area contributed by atoms with Crippen molar-refractivity contribution in [3.05, 3.63) is 0 Å². The summed E-state index contributed by atoms with van der Waals surface area (Å²) in [5, 5.41) is 12.5. The molecule has 0 amide bonds. The molecule has 2 aliphatic rings. The first-order valence-electron chi connectivity index (χ1n) is 7.93. The van der Waals surface area contributed by atoms with Crippen LogP contribution in [0.1, 0.15) is 39.0 Å². The lowest BCUT2D eigenvalue weighted by atomic mass is 10.2. The highest BCUT2D eigenvalue weighted by atomic mass is 15.3. The molecule has 0 aromatic carbocycles. The average Bonchev–Trinajstić information content (AvgIpc) is 2.77. The van der Waals surface area contributed by atoms with Crippen LogP contribution in [0.25, 0.3) is 0 Å². The third-order valence-corrected chi connectivity index (χ3v) is 4.42. The van der Waals surface area contributed by atoms with E-state index in [2.05, 4.69) is 28.1 Å². The zero-order valence-electron chi connectivity index (χ0n) is 12.3. The third kappa shape index (κ3) is 4.45. The number of nitrogens with one attached hydrogen (secondary N) is 1. The Labute approximate surface area is 117 Å². The van der Waals surface area contributed by atoms with Crippen molar-refractivity contribution < 1.29 is 0 Å². The molecule has 2 heterocycles. The van der Waals surface area contributed by atoms with E-state index >= 15 is 0 Å². The molecule has 2 saturated heterocycles. The zero-order chi connectivity index (χ0) is 13.5. The van der Waals surface area contributed by atoms with Crippen LogP contribution in [-0.2, 0) is 0 Å². The summed E-state index contributed by atoms with van der Waals surface area (Å²) >= 11 is 0. The van der Waals surface area contributed by atoms with E-state index < -0.39 is 0 Å². The number of rotatable bonds is 6. The van der Waals surface area contributed by atoms with Gasteiger partial charge >= 0.3 is 0 Å². The average molecular weight is 264 g/mol. The van der Waals surface area contributed by atoms with Crippen molar-refractivity contribution in [3.63, 3.8) is 0 Å². The van der Waals surface area contributed by atoms with Gasteiger partial charge in [0, 0.05) is 19.1 Å². The minimum absolute atomic E-state index is 0.0304. The molecule has 0 radical (unpaired) electrons. The third-order valence-electron chi connectivity index (χ3n) is 4.42. The molecule has 2 fully saturated rings. The predicted molar refractivity (Wildman–Crippen MR) is 78.0 cm³/mol. The van der Waals surface area contributed by atoms with Crippen molar-refractivity contribution in [3.8, 4) is 6.07 Å². The molecule has 0 aliphatic carbocycles. The molecule has 0 spiro atoms. The van der Waals surface area contributed by atoms with Gasteiger partial charge in [0.1, 0.15) is 0 Å². The molecule has 2 atom stereocenters. The Bertz CT molecular complexity index is 299. The van der Waals surface area contributed by atoms with Gasteiger partial charge in [-0.05, 0) is 58.3 Å². The molecular weight excluding hydrogens is 236 g/mol. The fourth-order valence-corrected chi connectivity index (χ4v) is 3.33. The lowest BCUT2D eigenvalue weighted by molar-refractivity contribution is 0.216. The SMILES string of the molecule is CCCNC(C#N)CCN1CCCN2CCCC2C1. The first kappa shape index (κ1) is 14.8. The quantitative estimate of drug-likeness (QED) is 0.788. The summed E-state index contributed by atoms with van der Waals surface area (Å²) in [6, 6.07) is 3.20. The van der Waals surface area contributed by atoms with Gasteiger partial charge in [-0.1, -0.05) is 6.92 Å². The van der Waals surface area contributed by atoms with Crippen molar-refractivity contribution in [2.24, 2.45) is 0 Å². The molecule has 108 valence electrons. The summed E-state index contributed by atoms with van der Waals surface area (Å²) in [5.41, 5.74) is 0. The second-order valence-electron chi connectivity index (χ2n) is 5.91. The molecule has 0 saturated carbocycles. The molecule has 0 aromatic heterocycles. The highest BCUT2D eigenvalue weighted by Crippen LogP contribution is 2.21. The van der Waals surface area contributed by atoms with Crippen LogP contribution in [0, 0.1) is 11.3 Å². The molecule has 2 unspecified atom stereocenters. The smallest absolute Gasteiger partial charge is 0.0965 e. The van der Waals surface area contributed by atoms with Crippen LogP contribution in [-0.4, -0.2) is 61.2 Å². The van der Waals surface area contributed by atoms with Gasteiger partial charge in [0.25, 0.3) is 0 Å². The van der Waals surface area contributed by atoms with Crippen LogP contribution in [0.3, 0.4) is 0 Å². The molecule has 0 aromatic rings. The molecule has 1 N–H and O–H groups in total. The van der Waals surface area contributed by atoms with Crippen molar-refractivity contribution >= 4 is 0 Å². The number of nitrogens with zero attached hydrogens (tertiary/aromatic N) is 3. The Kier molecular flexibility index (Phi) is 6.09. The highest BCUT2D eigenvalue weighted by molar-refractivity contribution is 4.91. The monoisotopic (exact) mass is 264 g/mol. The molecule has 2 rings (SSSR count). The summed E-state index contributed by atoms with van der Waals surface area (Å²) in [7, 11) is 0. The van der Waals surface area contributed by atoms with E-state index in [1.165, 1.54) is 45.4 Å². The standard InChI is InChI=1S/C15H28N4/c1-2-7-17-14(12-16)6-11-18-8-4-10-19-9-3-5-15(19)13-18/h14-15,17H,2-11,13H2,1H3. The van der Waals surface area contributed by atoms with Gasteiger partial charge in [-0.3, -0.25) is 4.90 Å². The van der Waals surface area contributed by atoms with Gasteiger partial charge in [-0.2, -0.15) is 5.26 Å². The second-order valence-corrected chi connectivity index (χ2v) is 5.91. The summed E-state index contributed by atoms with van der Waals surface area (Å²) in [6.45, 7) is 9.16. The maximum atomic E-state index is 9.15. The van der Waals surface area contributed by atoms with Crippen molar-refractivity contribution in [1.82, 2.24) is 15.1 Å². The van der Waals surface area contributed by atoms with Crippen LogP contribution in [0.5, 0.6) is 0 Å². The molecular formula is C15H28N4. The lowest BCUT2D eigenvalue weighted by Crippen LogP contribution is -2.39. The fourth-order valence-electron chi connectivity index (χ4n) is 3.33. The molecule has 0 bridgehead atoms. The Morgan fingerprint density at radius 3 is 2.95 bits per heavy atom. The highest BCUT2D eigenvalue weighted by Gasteiger charge is 2.28. The summed E-state index contributed by atoms with van der Waals surface area (Å²) in [6.07, 6.45) is 6.09. The molecule has 2 aliphatic heterocycles. The Morgan fingerprint density at radius 1 is 1.32 bits per heavy atom. The minimum atomic E-state index is 0.0304. The van der Waals surface area contributed by atoms with E-state index in [1.54, 1.807) is 0 Å². The largest absolute Gasteiger partial charge is 0.302 e. The number of nitriles is 1. The van der Waals surface area contributed by atoms with Gasteiger partial charge in [0.15, 0.2) is 0 Å². The van der Waals surface area contributed by atoms with Crippen molar-refractivity contribution in [2.45, 2.75) is 51.1 Å². The second kappa shape index (κ2) is 7.84. The summed E-state index contributed by atoms with van der Waals surface area (Å²) in [4.78, 5) is 5.24. The first-order valence-corrected chi connectivity index (χ1v) is 7.93. The van der Waals surface area contributed by atoms with E-state index in [0.29, 0.717) is 0 Å². The van der Waals surface area contributed by atoms with E-state index in [0.717, 1.165) is 32.0 Å². The Hall–Kier alpha value is -0.630. The maximum absolute atomic E-state index is 9.15. The van der Waals surface area contributed by atoms with E-state index in [4.69, 9.17) is 5.26 Å². The number of hydrogen-bond donors (Lipinski definition) is 1. The minimum Gasteiger partial charge on any atom is -0.302 e. The maximum Gasteiger partial charge on any atom is 0.0965 e. The van der Waals surface area contributed by atoms with Crippen LogP contribution < -0.4 is 5.32 Å².